The van der Waals surface area contributed by atoms with Crippen LogP contribution in [0, 0.1) is 0 Å². The molecule has 3 heterocycles. The maximum absolute atomic E-state index is 12.6. The molecule has 2 aromatic rings. The summed E-state index contributed by atoms with van der Waals surface area (Å²) >= 11 is 0. The fraction of sp³-hybridized carbons (Fsp3) is 0.455. The summed E-state index contributed by atoms with van der Waals surface area (Å²) in [6.07, 6.45) is 5.82. The zero-order valence-electron chi connectivity index (χ0n) is 15.8. The van der Waals surface area contributed by atoms with Crippen molar-refractivity contribution < 1.29 is 4.79 Å². The Labute approximate surface area is 161 Å². The van der Waals surface area contributed by atoms with Gasteiger partial charge in [0, 0.05) is 51.2 Å². The van der Waals surface area contributed by atoms with Gasteiger partial charge in [-0.2, -0.15) is 0 Å². The zero-order valence-corrected chi connectivity index (χ0v) is 15.8. The van der Waals surface area contributed by atoms with Gasteiger partial charge in [0.05, 0.1) is 5.56 Å². The zero-order chi connectivity index (χ0) is 18.5. The van der Waals surface area contributed by atoms with Crippen molar-refractivity contribution in [2.75, 3.05) is 39.3 Å². The lowest BCUT2D eigenvalue weighted by molar-refractivity contribution is 0.0445. The van der Waals surface area contributed by atoms with E-state index >= 15 is 0 Å². The number of piperazine rings is 1. The number of carbonyl (C=O) groups excluding carboxylic acids is 1. The van der Waals surface area contributed by atoms with Gasteiger partial charge in [0.1, 0.15) is 0 Å². The van der Waals surface area contributed by atoms with Crippen LogP contribution >= 0.6 is 0 Å². The number of rotatable bonds is 4. The Morgan fingerprint density at radius 3 is 2.33 bits per heavy atom. The summed E-state index contributed by atoms with van der Waals surface area (Å²) in [5.74, 6) is 0.112. The van der Waals surface area contributed by atoms with Crippen molar-refractivity contribution in [1.82, 2.24) is 19.7 Å². The minimum absolute atomic E-state index is 0.112. The van der Waals surface area contributed by atoms with Gasteiger partial charge in [0.2, 0.25) is 0 Å². The molecule has 5 nitrogen and oxygen atoms in total. The molecule has 142 valence electrons. The number of amides is 1. The summed E-state index contributed by atoms with van der Waals surface area (Å²) in [4.78, 5) is 23.7. The summed E-state index contributed by atoms with van der Waals surface area (Å²) in [5.41, 5.74) is 2.10. The lowest BCUT2D eigenvalue weighted by atomic mass is 10.0. The SMILES string of the molecule is O=C(c1cccnc1)N1CCN(C2CCN(Cc3ccccc3)CC2)CC1. The van der Waals surface area contributed by atoms with Crippen LogP contribution in [0.4, 0.5) is 0 Å². The molecule has 5 heteroatoms. The average molecular weight is 364 g/mol. The average Bonchev–Trinajstić information content (AvgIpc) is 2.75. The van der Waals surface area contributed by atoms with Gasteiger partial charge in [-0.15, -0.1) is 0 Å². The van der Waals surface area contributed by atoms with E-state index in [9.17, 15) is 4.79 Å². The molecule has 2 fully saturated rings. The highest BCUT2D eigenvalue weighted by Gasteiger charge is 2.29. The van der Waals surface area contributed by atoms with Gasteiger partial charge < -0.3 is 4.90 Å². The first kappa shape index (κ1) is 18.1. The first-order valence-electron chi connectivity index (χ1n) is 9.99. The predicted octanol–water partition coefficient (Wildman–Crippen LogP) is 2.50. The van der Waals surface area contributed by atoms with Gasteiger partial charge in [-0.25, -0.2) is 0 Å². The Hall–Kier alpha value is -2.24. The second-order valence-corrected chi connectivity index (χ2v) is 7.56. The highest BCUT2D eigenvalue weighted by molar-refractivity contribution is 5.93. The molecule has 0 spiro atoms. The largest absolute Gasteiger partial charge is 0.336 e. The number of likely N-dealkylation sites (tertiary alicyclic amines) is 1. The molecule has 2 saturated heterocycles. The molecule has 2 aliphatic rings. The second kappa shape index (κ2) is 8.63. The van der Waals surface area contributed by atoms with Crippen LogP contribution in [0.25, 0.3) is 0 Å². The number of nitrogens with zero attached hydrogens (tertiary/aromatic N) is 4. The smallest absolute Gasteiger partial charge is 0.255 e. The number of hydrogen-bond donors (Lipinski definition) is 0. The highest BCUT2D eigenvalue weighted by atomic mass is 16.2. The van der Waals surface area contributed by atoms with Crippen molar-refractivity contribution in [2.24, 2.45) is 0 Å². The van der Waals surface area contributed by atoms with Crippen LogP contribution in [0.2, 0.25) is 0 Å². The Morgan fingerprint density at radius 2 is 1.67 bits per heavy atom. The Morgan fingerprint density at radius 1 is 0.926 bits per heavy atom. The normalized spacial score (nSPS) is 19.9. The summed E-state index contributed by atoms with van der Waals surface area (Å²) in [7, 11) is 0. The minimum atomic E-state index is 0.112. The molecular formula is C22H28N4O. The van der Waals surface area contributed by atoms with Crippen LogP contribution in [-0.2, 0) is 6.54 Å². The molecule has 0 radical (unpaired) electrons. The number of piperidine rings is 1. The third-order valence-corrected chi connectivity index (χ3v) is 5.83. The Bertz CT molecular complexity index is 720. The quantitative estimate of drug-likeness (QED) is 0.836. The van der Waals surface area contributed by atoms with E-state index in [4.69, 9.17) is 0 Å². The molecule has 27 heavy (non-hydrogen) atoms. The Balaban J connectivity index is 1.23. The standard InChI is InChI=1S/C22H28N4O/c27-22(20-7-4-10-23-17-20)26-15-13-25(14-16-26)21-8-11-24(12-9-21)18-19-5-2-1-3-6-19/h1-7,10,17,21H,8-9,11-16,18H2. The molecule has 1 aromatic heterocycles. The van der Waals surface area contributed by atoms with Crippen LogP contribution in [0.5, 0.6) is 0 Å². The van der Waals surface area contributed by atoms with Crippen molar-refractivity contribution in [2.45, 2.75) is 25.4 Å². The topological polar surface area (TPSA) is 39.7 Å². The summed E-state index contributed by atoms with van der Waals surface area (Å²) in [6.45, 7) is 6.98. The third-order valence-electron chi connectivity index (χ3n) is 5.83. The van der Waals surface area contributed by atoms with E-state index in [1.54, 1.807) is 12.4 Å². The number of hydrogen-bond acceptors (Lipinski definition) is 4. The van der Waals surface area contributed by atoms with Crippen molar-refractivity contribution in [1.29, 1.82) is 0 Å². The van der Waals surface area contributed by atoms with E-state index in [2.05, 4.69) is 45.1 Å². The van der Waals surface area contributed by atoms with Gasteiger partial charge >= 0.3 is 0 Å². The Kier molecular flexibility index (Phi) is 5.80. The molecule has 0 aliphatic carbocycles. The predicted molar refractivity (Wildman–Crippen MR) is 106 cm³/mol. The molecule has 0 unspecified atom stereocenters. The van der Waals surface area contributed by atoms with E-state index in [0.717, 1.165) is 45.8 Å². The highest BCUT2D eigenvalue weighted by Crippen LogP contribution is 2.20. The van der Waals surface area contributed by atoms with Gasteiger partial charge in [0.15, 0.2) is 0 Å². The fourth-order valence-corrected chi connectivity index (χ4v) is 4.25. The van der Waals surface area contributed by atoms with Crippen molar-refractivity contribution in [3.8, 4) is 0 Å². The van der Waals surface area contributed by atoms with Gasteiger partial charge in [-0.05, 0) is 43.6 Å². The maximum Gasteiger partial charge on any atom is 0.255 e. The number of aromatic nitrogens is 1. The van der Waals surface area contributed by atoms with Crippen molar-refractivity contribution in [3.05, 3.63) is 66.0 Å². The molecule has 1 aromatic carbocycles. The molecule has 0 bridgehead atoms. The van der Waals surface area contributed by atoms with Gasteiger partial charge in [0.25, 0.3) is 5.91 Å². The lowest BCUT2D eigenvalue weighted by Gasteiger charge is -2.42. The minimum Gasteiger partial charge on any atom is -0.336 e. The fourth-order valence-electron chi connectivity index (χ4n) is 4.25. The van der Waals surface area contributed by atoms with Crippen molar-refractivity contribution in [3.63, 3.8) is 0 Å². The van der Waals surface area contributed by atoms with Crippen LogP contribution in [0.1, 0.15) is 28.8 Å². The number of pyridine rings is 1. The molecule has 0 N–H and O–H groups in total. The molecule has 0 saturated carbocycles. The van der Waals surface area contributed by atoms with E-state index in [0.29, 0.717) is 11.6 Å². The van der Waals surface area contributed by atoms with E-state index < -0.39 is 0 Å². The molecule has 0 atom stereocenters. The van der Waals surface area contributed by atoms with Crippen LogP contribution in [0.15, 0.2) is 54.9 Å². The van der Waals surface area contributed by atoms with Crippen LogP contribution < -0.4 is 0 Å². The monoisotopic (exact) mass is 364 g/mol. The van der Waals surface area contributed by atoms with E-state index in [1.807, 2.05) is 17.0 Å². The van der Waals surface area contributed by atoms with E-state index in [1.165, 1.54) is 18.4 Å². The summed E-state index contributed by atoms with van der Waals surface area (Å²) < 4.78 is 0. The number of benzene rings is 1. The van der Waals surface area contributed by atoms with Crippen LogP contribution in [-0.4, -0.2) is 70.9 Å². The first-order chi connectivity index (χ1) is 13.3. The van der Waals surface area contributed by atoms with Gasteiger partial charge in [-0.1, -0.05) is 30.3 Å². The summed E-state index contributed by atoms with van der Waals surface area (Å²) in [5, 5.41) is 0. The summed E-state index contributed by atoms with van der Waals surface area (Å²) in [6, 6.07) is 15.1. The number of carbonyl (C=O) groups is 1. The van der Waals surface area contributed by atoms with Gasteiger partial charge in [-0.3, -0.25) is 19.6 Å². The molecular weight excluding hydrogens is 336 g/mol. The van der Waals surface area contributed by atoms with Crippen LogP contribution in [0.3, 0.4) is 0 Å². The molecule has 2 aliphatic heterocycles. The first-order valence-corrected chi connectivity index (χ1v) is 9.99. The third kappa shape index (κ3) is 4.54. The van der Waals surface area contributed by atoms with E-state index in [-0.39, 0.29) is 5.91 Å². The molecule has 1 amide bonds. The van der Waals surface area contributed by atoms with Crippen molar-refractivity contribution >= 4 is 5.91 Å². The second-order valence-electron chi connectivity index (χ2n) is 7.56. The molecule has 4 rings (SSSR count). The maximum atomic E-state index is 12.6. The lowest BCUT2D eigenvalue weighted by Crippen LogP contribution is -2.54.